The SMILES string of the molecule is CC(=O)N1C(=O)c2cc3ccccc3cc21. The molecule has 0 saturated carbocycles. The molecule has 0 aromatic heterocycles. The molecular formula is C13H9NO2. The number of hydrogen-bond donors (Lipinski definition) is 0. The van der Waals surface area contributed by atoms with Crippen LogP contribution < -0.4 is 4.90 Å². The van der Waals surface area contributed by atoms with E-state index in [1.54, 1.807) is 0 Å². The van der Waals surface area contributed by atoms with Gasteiger partial charge in [-0.15, -0.1) is 0 Å². The summed E-state index contributed by atoms with van der Waals surface area (Å²) in [6.07, 6.45) is 0. The molecule has 0 saturated heterocycles. The number of amides is 2. The Labute approximate surface area is 92.3 Å². The van der Waals surface area contributed by atoms with Gasteiger partial charge in [-0.25, -0.2) is 4.90 Å². The first-order valence-electron chi connectivity index (χ1n) is 5.06. The monoisotopic (exact) mass is 211 g/mol. The highest BCUT2D eigenvalue weighted by molar-refractivity contribution is 6.32. The maximum absolute atomic E-state index is 11.6. The summed E-state index contributed by atoms with van der Waals surface area (Å²) in [5, 5.41) is 2.07. The minimum atomic E-state index is -0.229. The topological polar surface area (TPSA) is 37.4 Å². The molecular weight excluding hydrogens is 202 g/mol. The zero-order valence-corrected chi connectivity index (χ0v) is 8.73. The van der Waals surface area contributed by atoms with E-state index in [9.17, 15) is 9.59 Å². The maximum atomic E-state index is 11.6. The second kappa shape index (κ2) is 2.92. The van der Waals surface area contributed by atoms with Crippen LogP contribution >= 0.6 is 0 Å². The Bertz CT molecular complexity index is 631. The van der Waals surface area contributed by atoms with Crippen molar-refractivity contribution >= 4 is 28.3 Å². The highest BCUT2D eigenvalue weighted by Crippen LogP contribution is 2.36. The Kier molecular flexibility index (Phi) is 1.66. The number of fused-ring (bicyclic) bond motifs is 2. The van der Waals surface area contributed by atoms with Crippen LogP contribution in [0.5, 0.6) is 0 Å². The fourth-order valence-corrected chi connectivity index (χ4v) is 2.07. The van der Waals surface area contributed by atoms with Crippen molar-refractivity contribution in [1.29, 1.82) is 0 Å². The van der Waals surface area contributed by atoms with E-state index in [1.165, 1.54) is 11.8 Å². The molecule has 3 nitrogen and oxygen atoms in total. The fourth-order valence-electron chi connectivity index (χ4n) is 2.07. The largest absolute Gasteiger partial charge is 0.274 e. The van der Waals surface area contributed by atoms with E-state index in [4.69, 9.17) is 0 Å². The third kappa shape index (κ3) is 1.03. The molecule has 2 aromatic carbocycles. The Morgan fingerprint density at radius 1 is 1.12 bits per heavy atom. The zero-order valence-electron chi connectivity index (χ0n) is 8.73. The second-order valence-electron chi connectivity index (χ2n) is 3.88. The minimum absolute atomic E-state index is 0.201. The van der Waals surface area contributed by atoms with Gasteiger partial charge in [-0.1, -0.05) is 24.3 Å². The third-order valence-corrected chi connectivity index (χ3v) is 2.85. The summed E-state index contributed by atoms with van der Waals surface area (Å²) in [5.74, 6) is -0.430. The smallest absolute Gasteiger partial charge is 0.267 e. The van der Waals surface area contributed by atoms with Crippen LogP contribution in [0.25, 0.3) is 10.8 Å². The van der Waals surface area contributed by atoms with Crippen LogP contribution in [0.3, 0.4) is 0 Å². The third-order valence-electron chi connectivity index (χ3n) is 2.85. The standard InChI is InChI=1S/C13H9NO2/c1-8(15)14-12-7-10-5-3-2-4-9(10)6-11(12)13(14)16/h2-7H,1H3. The van der Waals surface area contributed by atoms with E-state index >= 15 is 0 Å². The molecule has 0 radical (unpaired) electrons. The molecule has 1 aliphatic heterocycles. The van der Waals surface area contributed by atoms with Gasteiger partial charge >= 0.3 is 0 Å². The Balaban J connectivity index is 2.27. The van der Waals surface area contributed by atoms with Gasteiger partial charge in [-0.2, -0.15) is 0 Å². The van der Waals surface area contributed by atoms with Gasteiger partial charge in [0.25, 0.3) is 5.91 Å². The lowest BCUT2D eigenvalue weighted by Crippen LogP contribution is -2.44. The van der Waals surface area contributed by atoms with Crippen LogP contribution in [-0.2, 0) is 4.79 Å². The summed E-state index contributed by atoms with van der Waals surface area (Å²) in [7, 11) is 0. The van der Waals surface area contributed by atoms with Crippen molar-refractivity contribution < 1.29 is 9.59 Å². The van der Waals surface area contributed by atoms with Gasteiger partial charge in [0, 0.05) is 6.92 Å². The predicted molar refractivity (Wildman–Crippen MR) is 61.4 cm³/mol. The first kappa shape index (κ1) is 9.09. The molecule has 1 aliphatic rings. The van der Waals surface area contributed by atoms with Crippen LogP contribution in [-0.4, -0.2) is 11.8 Å². The molecule has 1 heterocycles. The Hall–Kier alpha value is -2.16. The number of imide groups is 1. The highest BCUT2D eigenvalue weighted by Gasteiger charge is 2.35. The molecule has 0 bridgehead atoms. The number of anilines is 1. The highest BCUT2D eigenvalue weighted by atomic mass is 16.2. The number of benzene rings is 2. The van der Waals surface area contributed by atoms with E-state index in [-0.39, 0.29) is 11.8 Å². The molecule has 0 spiro atoms. The van der Waals surface area contributed by atoms with Gasteiger partial charge in [0.15, 0.2) is 0 Å². The Morgan fingerprint density at radius 2 is 1.75 bits per heavy atom. The molecule has 2 aromatic rings. The molecule has 0 unspecified atom stereocenters. The van der Waals surface area contributed by atoms with E-state index in [2.05, 4.69) is 0 Å². The molecule has 78 valence electrons. The van der Waals surface area contributed by atoms with Gasteiger partial charge in [-0.05, 0) is 22.9 Å². The molecule has 0 fully saturated rings. The molecule has 0 N–H and O–H groups in total. The van der Waals surface area contributed by atoms with Crippen molar-refractivity contribution in [2.75, 3.05) is 4.90 Å². The zero-order chi connectivity index (χ0) is 11.3. The van der Waals surface area contributed by atoms with Crippen molar-refractivity contribution in [3.05, 3.63) is 42.0 Å². The molecule has 2 amide bonds. The maximum Gasteiger partial charge on any atom is 0.267 e. The summed E-state index contributed by atoms with van der Waals surface area (Å²) >= 11 is 0. The minimum Gasteiger partial charge on any atom is -0.274 e. The van der Waals surface area contributed by atoms with Gasteiger partial charge < -0.3 is 0 Å². The van der Waals surface area contributed by atoms with E-state index < -0.39 is 0 Å². The average Bonchev–Trinajstić information content (AvgIpc) is 2.27. The van der Waals surface area contributed by atoms with Gasteiger partial charge in [-0.3, -0.25) is 9.59 Å². The lowest BCUT2D eigenvalue weighted by atomic mass is 9.97. The molecule has 16 heavy (non-hydrogen) atoms. The van der Waals surface area contributed by atoms with Crippen molar-refractivity contribution in [3.8, 4) is 0 Å². The van der Waals surface area contributed by atoms with Crippen LogP contribution in [0.2, 0.25) is 0 Å². The number of carbonyl (C=O) groups is 2. The van der Waals surface area contributed by atoms with Gasteiger partial charge in [0.1, 0.15) is 0 Å². The summed E-state index contributed by atoms with van der Waals surface area (Å²) in [6, 6.07) is 11.5. The molecule has 0 aliphatic carbocycles. The van der Waals surface area contributed by atoms with Crippen LogP contribution in [0.1, 0.15) is 17.3 Å². The van der Waals surface area contributed by atoms with E-state index in [0.717, 1.165) is 16.5 Å². The van der Waals surface area contributed by atoms with Crippen molar-refractivity contribution in [1.82, 2.24) is 0 Å². The first-order valence-corrected chi connectivity index (χ1v) is 5.06. The number of rotatable bonds is 0. The van der Waals surface area contributed by atoms with Crippen LogP contribution in [0.15, 0.2) is 36.4 Å². The summed E-state index contributed by atoms with van der Waals surface area (Å²) < 4.78 is 0. The van der Waals surface area contributed by atoms with Crippen molar-refractivity contribution in [3.63, 3.8) is 0 Å². The molecule has 3 heteroatoms. The first-order chi connectivity index (χ1) is 7.68. The normalized spacial score (nSPS) is 13.6. The van der Waals surface area contributed by atoms with E-state index in [1.807, 2.05) is 36.4 Å². The van der Waals surface area contributed by atoms with Crippen molar-refractivity contribution in [2.45, 2.75) is 6.92 Å². The summed E-state index contributed by atoms with van der Waals surface area (Å²) in [6.45, 7) is 1.40. The lowest BCUT2D eigenvalue weighted by molar-refractivity contribution is -0.116. The lowest BCUT2D eigenvalue weighted by Gasteiger charge is -2.31. The summed E-state index contributed by atoms with van der Waals surface area (Å²) in [4.78, 5) is 24.1. The summed E-state index contributed by atoms with van der Waals surface area (Å²) in [5.41, 5.74) is 1.35. The van der Waals surface area contributed by atoms with Crippen LogP contribution in [0, 0.1) is 0 Å². The van der Waals surface area contributed by atoms with E-state index in [0.29, 0.717) is 5.56 Å². The Morgan fingerprint density at radius 3 is 2.38 bits per heavy atom. The predicted octanol–water partition coefficient (Wildman–Crippen LogP) is 2.35. The number of hydrogen-bond acceptors (Lipinski definition) is 2. The van der Waals surface area contributed by atoms with Gasteiger partial charge in [0.2, 0.25) is 5.91 Å². The number of carbonyl (C=O) groups excluding carboxylic acids is 2. The average molecular weight is 211 g/mol. The molecule has 3 rings (SSSR count). The quantitative estimate of drug-likeness (QED) is 0.670. The van der Waals surface area contributed by atoms with Crippen molar-refractivity contribution in [2.24, 2.45) is 0 Å². The van der Waals surface area contributed by atoms with Gasteiger partial charge in [0.05, 0.1) is 11.3 Å². The molecule has 0 atom stereocenters. The second-order valence-corrected chi connectivity index (χ2v) is 3.88. The fraction of sp³-hybridized carbons (Fsp3) is 0.0769. The van der Waals surface area contributed by atoms with Crippen LogP contribution in [0.4, 0.5) is 5.69 Å². The number of nitrogens with zero attached hydrogens (tertiary/aromatic N) is 1.